The van der Waals surface area contributed by atoms with Crippen molar-refractivity contribution >= 4 is 44.6 Å². The largest absolute Gasteiger partial charge is 0.454 e. The van der Waals surface area contributed by atoms with Gasteiger partial charge in [-0.1, -0.05) is 18.2 Å². The summed E-state index contributed by atoms with van der Waals surface area (Å²) in [7, 11) is 0. The molecular formula is C21H20N4O2S2. The number of nitrogens with one attached hydrogen (secondary N) is 1. The summed E-state index contributed by atoms with van der Waals surface area (Å²) >= 11 is 3.14. The van der Waals surface area contributed by atoms with Gasteiger partial charge in [-0.25, -0.2) is 4.98 Å². The van der Waals surface area contributed by atoms with Gasteiger partial charge in [-0.2, -0.15) is 0 Å². The average Bonchev–Trinajstić information content (AvgIpc) is 3.48. The number of anilines is 1. The first-order valence-electron chi connectivity index (χ1n) is 9.60. The highest BCUT2D eigenvalue weighted by Gasteiger charge is 2.25. The molecule has 4 aromatic rings. The van der Waals surface area contributed by atoms with Gasteiger partial charge in [-0.15, -0.1) is 22.7 Å². The summed E-state index contributed by atoms with van der Waals surface area (Å²) in [6.07, 6.45) is 3.71. The topological polar surface area (TPSA) is 71.3 Å². The zero-order valence-electron chi connectivity index (χ0n) is 15.7. The van der Waals surface area contributed by atoms with E-state index in [0.29, 0.717) is 12.5 Å². The number of hydrogen-bond donors (Lipinski definition) is 1. The number of carbonyl (C=O) groups is 1. The van der Waals surface area contributed by atoms with Gasteiger partial charge in [-0.05, 0) is 38.1 Å². The maximum Gasteiger partial charge on any atom is 0.239 e. The Morgan fingerprint density at radius 1 is 1.24 bits per heavy atom. The van der Waals surface area contributed by atoms with Gasteiger partial charge in [0, 0.05) is 16.7 Å². The second kappa shape index (κ2) is 8.06. The number of fused-ring (bicyclic) bond motifs is 1. The van der Waals surface area contributed by atoms with Crippen molar-refractivity contribution in [2.45, 2.75) is 18.8 Å². The number of carbonyl (C=O) groups excluding carboxylic acids is 1. The molecule has 1 aliphatic rings. The van der Waals surface area contributed by atoms with Crippen LogP contribution in [0.3, 0.4) is 0 Å². The smallest absolute Gasteiger partial charge is 0.239 e. The van der Waals surface area contributed by atoms with Crippen LogP contribution >= 0.6 is 22.7 Å². The second-order valence-corrected chi connectivity index (χ2v) is 8.96. The molecule has 3 aromatic heterocycles. The molecule has 6 nitrogen and oxygen atoms in total. The van der Waals surface area contributed by atoms with E-state index in [1.807, 2.05) is 18.2 Å². The fraction of sp³-hybridized carbons (Fsp3) is 0.286. The number of nitrogens with zero attached hydrogens (tertiary/aromatic N) is 3. The molecule has 1 aromatic carbocycles. The van der Waals surface area contributed by atoms with Gasteiger partial charge in [0.25, 0.3) is 0 Å². The first kappa shape index (κ1) is 18.5. The van der Waals surface area contributed by atoms with E-state index in [1.54, 1.807) is 23.0 Å². The van der Waals surface area contributed by atoms with E-state index < -0.39 is 0 Å². The second-order valence-electron chi connectivity index (χ2n) is 7.18. The van der Waals surface area contributed by atoms with Crippen molar-refractivity contribution in [3.63, 3.8) is 0 Å². The van der Waals surface area contributed by atoms with E-state index >= 15 is 0 Å². The molecule has 148 valence electrons. The quantitative estimate of drug-likeness (QED) is 0.497. The monoisotopic (exact) mass is 424 g/mol. The zero-order valence-corrected chi connectivity index (χ0v) is 17.3. The zero-order chi connectivity index (χ0) is 19.6. The molecule has 0 radical (unpaired) electrons. The van der Waals surface area contributed by atoms with Crippen LogP contribution in [0.4, 0.5) is 5.00 Å². The third-order valence-corrected chi connectivity index (χ3v) is 6.89. The Balaban J connectivity index is 1.19. The first-order valence-corrected chi connectivity index (χ1v) is 11.4. The van der Waals surface area contributed by atoms with Gasteiger partial charge in [0.1, 0.15) is 16.3 Å². The van der Waals surface area contributed by atoms with Crippen LogP contribution in [-0.2, 0) is 4.79 Å². The highest BCUT2D eigenvalue weighted by Crippen LogP contribution is 2.34. The highest BCUT2D eigenvalue weighted by molar-refractivity contribution is 7.14. The molecule has 0 unspecified atom stereocenters. The van der Waals surface area contributed by atoms with Crippen LogP contribution in [0, 0.1) is 0 Å². The van der Waals surface area contributed by atoms with Crippen LogP contribution in [0.15, 0.2) is 51.8 Å². The number of benzene rings is 1. The lowest BCUT2D eigenvalue weighted by Crippen LogP contribution is -2.38. The predicted octanol–water partition coefficient (Wildman–Crippen LogP) is 4.83. The van der Waals surface area contributed by atoms with E-state index in [9.17, 15) is 4.79 Å². The average molecular weight is 425 g/mol. The van der Waals surface area contributed by atoms with Gasteiger partial charge in [-0.3, -0.25) is 14.7 Å². The number of likely N-dealkylation sites (tertiary alicyclic amines) is 1. The lowest BCUT2D eigenvalue weighted by molar-refractivity contribution is -0.117. The van der Waals surface area contributed by atoms with Crippen LogP contribution in [-0.4, -0.2) is 40.4 Å². The van der Waals surface area contributed by atoms with Crippen molar-refractivity contribution in [1.82, 2.24) is 14.9 Å². The van der Waals surface area contributed by atoms with Crippen molar-refractivity contribution in [2.75, 3.05) is 25.0 Å². The number of rotatable bonds is 5. The molecule has 1 aliphatic heterocycles. The number of piperidine rings is 1. The fourth-order valence-corrected chi connectivity index (χ4v) is 5.20. The molecule has 4 heterocycles. The molecule has 0 atom stereocenters. The number of furan rings is 1. The molecule has 0 spiro atoms. The Bertz CT molecular complexity index is 1080. The first-order chi connectivity index (χ1) is 14.2. The molecule has 1 amide bonds. The lowest BCUT2D eigenvalue weighted by Gasteiger charge is -2.30. The number of thiazole rings is 2. The normalized spacial score (nSPS) is 15.7. The SMILES string of the molecule is O=C(CN1CCC(c2nc(-c3cc4ccccc4o3)cs2)CC1)Nc1cncs1. The molecular weight excluding hydrogens is 404 g/mol. The Morgan fingerprint density at radius 3 is 2.90 bits per heavy atom. The van der Waals surface area contributed by atoms with E-state index in [1.165, 1.54) is 11.3 Å². The van der Waals surface area contributed by atoms with E-state index in [-0.39, 0.29) is 5.91 Å². The number of hydrogen-bond acceptors (Lipinski definition) is 7. The van der Waals surface area contributed by atoms with Crippen molar-refractivity contribution in [2.24, 2.45) is 0 Å². The molecule has 0 aliphatic carbocycles. The number of aromatic nitrogens is 2. The molecule has 1 fully saturated rings. The molecule has 0 saturated carbocycles. The Kier molecular flexibility index (Phi) is 5.13. The van der Waals surface area contributed by atoms with Crippen LogP contribution in [0.25, 0.3) is 22.4 Å². The van der Waals surface area contributed by atoms with Crippen molar-refractivity contribution in [3.05, 3.63) is 52.4 Å². The van der Waals surface area contributed by atoms with E-state index in [0.717, 1.165) is 58.4 Å². The van der Waals surface area contributed by atoms with Crippen LogP contribution in [0.2, 0.25) is 0 Å². The summed E-state index contributed by atoms with van der Waals surface area (Å²) in [4.78, 5) is 23.2. The van der Waals surface area contributed by atoms with Crippen molar-refractivity contribution in [3.8, 4) is 11.5 Å². The molecule has 1 N–H and O–H groups in total. The van der Waals surface area contributed by atoms with Crippen LogP contribution in [0.1, 0.15) is 23.8 Å². The summed E-state index contributed by atoms with van der Waals surface area (Å²) in [5.74, 6) is 1.29. The lowest BCUT2D eigenvalue weighted by atomic mass is 9.97. The minimum atomic E-state index is 0.0223. The Hall–Kier alpha value is -2.55. The van der Waals surface area contributed by atoms with Crippen LogP contribution < -0.4 is 5.32 Å². The van der Waals surface area contributed by atoms with Gasteiger partial charge in [0.05, 0.1) is 23.3 Å². The van der Waals surface area contributed by atoms with Gasteiger partial charge >= 0.3 is 0 Å². The fourth-order valence-electron chi connectivity index (χ4n) is 3.69. The maximum atomic E-state index is 12.2. The van der Waals surface area contributed by atoms with Crippen molar-refractivity contribution < 1.29 is 9.21 Å². The van der Waals surface area contributed by atoms with Gasteiger partial charge in [0.15, 0.2) is 5.76 Å². The highest BCUT2D eigenvalue weighted by atomic mass is 32.1. The molecule has 1 saturated heterocycles. The van der Waals surface area contributed by atoms with Crippen molar-refractivity contribution in [1.29, 1.82) is 0 Å². The minimum Gasteiger partial charge on any atom is -0.454 e. The molecule has 8 heteroatoms. The van der Waals surface area contributed by atoms with E-state index in [4.69, 9.17) is 9.40 Å². The number of para-hydroxylation sites is 1. The van der Waals surface area contributed by atoms with Gasteiger partial charge in [0.2, 0.25) is 5.91 Å². The summed E-state index contributed by atoms with van der Waals surface area (Å²) < 4.78 is 5.95. The summed E-state index contributed by atoms with van der Waals surface area (Å²) in [5, 5.41) is 8.04. The number of amides is 1. The molecule has 5 rings (SSSR count). The summed E-state index contributed by atoms with van der Waals surface area (Å²) in [6, 6.07) is 10.1. The minimum absolute atomic E-state index is 0.0223. The Morgan fingerprint density at radius 2 is 2.10 bits per heavy atom. The molecule has 29 heavy (non-hydrogen) atoms. The van der Waals surface area contributed by atoms with E-state index in [2.05, 4.69) is 32.7 Å². The van der Waals surface area contributed by atoms with Gasteiger partial charge < -0.3 is 9.73 Å². The predicted molar refractivity (Wildman–Crippen MR) is 116 cm³/mol. The summed E-state index contributed by atoms with van der Waals surface area (Å²) in [6.45, 7) is 2.23. The molecule has 0 bridgehead atoms. The summed E-state index contributed by atoms with van der Waals surface area (Å²) in [5.41, 5.74) is 3.52. The third-order valence-electron chi connectivity index (χ3n) is 5.20. The standard InChI is InChI=1S/C21H20N4O2S2/c26-19(24-20-10-22-13-29-20)11-25-7-5-14(6-8-25)21-23-16(12-28-21)18-9-15-3-1-2-4-17(15)27-18/h1-4,9-10,12-14H,5-8,11H2,(H,24,26). The Labute approximate surface area is 176 Å². The maximum absolute atomic E-state index is 12.2. The third kappa shape index (κ3) is 4.10. The van der Waals surface area contributed by atoms with Crippen LogP contribution in [0.5, 0.6) is 0 Å².